The first-order valence-corrected chi connectivity index (χ1v) is 11.0. The molecule has 0 bridgehead atoms. The van der Waals surface area contributed by atoms with Crippen LogP contribution in [0.15, 0.2) is 42.5 Å². The van der Waals surface area contributed by atoms with E-state index in [1.54, 1.807) is 18.2 Å². The van der Waals surface area contributed by atoms with Gasteiger partial charge in [0.1, 0.15) is 0 Å². The van der Waals surface area contributed by atoms with Crippen molar-refractivity contribution in [1.82, 2.24) is 10.6 Å². The maximum absolute atomic E-state index is 12.6. The Morgan fingerprint density at radius 3 is 2.45 bits per heavy atom. The highest BCUT2D eigenvalue weighted by molar-refractivity contribution is 5.94. The number of hydrogen-bond donors (Lipinski definition) is 2. The first-order chi connectivity index (χ1) is 15.9. The summed E-state index contributed by atoms with van der Waals surface area (Å²) in [6.07, 6.45) is 0. The molecule has 0 atom stereocenters. The number of methoxy groups -OCH3 is 1. The lowest BCUT2D eigenvalue weighted by molar-refractivity contribution is -0.123. The van der Waals surface area contributed by atoms with Crippen molar-refractivity contribution in [3.63, 3.8) is 0 Å². The molecule has 8 heteroatoms. The average molecular weight is 459 g/mol. The number of carbonyl (C=O) groups is 2. The minimum absolute atomic E-state index is 0.0303. The molecular formula is C25H34N2O6. The van der Waals surface area contributed by atoms with Crippen molar-refractivity contribution in [2.75, 3.05) is 33.5 Å². The highest BCUT2D eigenvalue weighted by Gasteiger charge is 2.13. The highest BCUT2D eigenvalue weighted by Crippen LogP contribution is 2.28. The van der Waals surface area contributed by atoms with Gasteiger partial charge < -0.3 is 29.6 Å². The Morgan fingerprint density at radius 1 is 0.970 bits per heavy atom. The van der Waals surface area contributed by atoms with Gasteiger partial charge >= 0.3 is 0 Å². The van der Waals surface area contributed by atoms with E-state index >= 15 is 0 Å². The van der Waals surface area contributed by atoms with Crippen LogP contribution in [0.3, 0.4) is 0 Å². The van der Waals surface area contributed by atoms with Gasteiger partial charge in [0.2, 0.25) is 0 Å². The number of rotatable bonds is 14. The van der Waals surface area contributed by atoms with E-state index in [-0.39, 0.29) is 24.5 Å². The second-order valence-corrected chi connectivity index (χ2v) is 7.63. The van der Waals surface area contributed by atoms with E-state index < -0.39 is 0 Å². The first kappa shape index (κ1) is 26.2. The van der Waals surface area contributed by atoms with Gasteiger partial charge in [0.05, 0.1) is 26.9 Å². The molecule has 2 aromatic carbocycles. The van der Waals surface area contributed by atoms with Gasteiger partial charge in [-0.3, -0.25) is 9.59 Å². The van der Waals surface area contributed by atoms with Crippen LogP contribution in [0, 0.1) is 0 Å². The van der Waals surface area contributed by atoms with E-state index in [0.717, 1.165) is 11.1 Å². The lowest BCUT2D eigenvalue weighted by Crippen LogP contribution is -2.34. The van der Waals surface area contributed by atoms with Crippen LogP contribution in [0.25, 0.3) is 0 Å². The van der Waals surface area contributed by atoms with Gasteiger partial charge in [0.15, 0.2) is 18.1 Å². The van der Waals surface area contributed by atoms with Crippen LogP contribution in [0.4, 0.5) is 0 Å². The molecule has 2 amide bonds. The Hall–Kier alpha value is -3.10. The standard InChI is InChI=1S/C25H34N2O6/c1-5-31-11-12-32-16-20-8-6-7-19(13-20)15-26-25(29)21-9-10-22(23(14-21)30-4)33-17-24(28)27-18(2)3/h6-10,13-14,18H,5,11-12,15-17H2,1-4H3,(H,26,29)(H,27,28). The van der Waals surface area contributed by atoms with Crippen molar-refractivity contribution < 1.29 is 28.5 Å². The fraction of sp³-hybridized carbons (Fsp3) is 0.440. The lowest BCUT2D eigenvalue weighted by Gasteiger charge is -2.13. The zero-order chi connectivity index (χ0) is 24.1. The highest BCUT2D eigenvalue weighted by atomic mass is 16.5. The zero-order valence-corrected chi connectivity index (χ0v) is 19.8. The molecule has 0 heterocycles. The van der Waals surface area contributed by atoms with E-state index in [9.17, 15) is 9.59 Å². The quantitative estimate of drug-likeness (QED) is 0.423. The summed E-state index contributed by atoms with van der Waals surface area (Å²) in [5.74, 6) is 0.308. The Labute approximate surface area is 195 Å². The van der Waals surface area contributed by atoms with Gasteiger partial charge in [0.25, 0.3) is 11.8 Å². The molecule has 0 aliphatic heterocycles. The molecule has 2 N–H and O–H groups in total. The van der Waals surface area contributed by atoms with Crippen molar-refractivity contribution in [1.29, 1.82) is 0 Å². The van der Waals surface area contributed by atoms with Crippen LogP contribution in [-0.4, -0.2) is 51.4 Å². The molecule has 0 aliphatic rings. The van der Waals surface area contributed by atoms with Gasteiger partial charge in [-0.25, -0.2) is 0 Å². The van der Waals surface area contributed by atoms with E-state index in [2.05, 4.69) is 10.6 Å². The van der Waals surface area contributed by atoms with Crippen LogP contribution in [0.1, 0.15) is 42.3 Å². The second kappa shape index (κ2) is 14.1. The number of benzene rings is 2. The van der Waals surface area contributed by atoms with Crippen LogP contribution in [-0.2, 0) is 27.4 Å². The topological polar surface area (TPSA) is 95.1 Å². The summed E-state index contributed by atoms with van der Waals surface area (Å²) in [5, 5.41) is 5.66. The third-order valence-electron chi connectivity index (χ3n) is 4.52. The molecule has 0 unspecified atom stereocenters. The third kappa shape index (κ3) is 9.51. The summed E-state index contributed by atoms with van der Waals surface area (Å²) in [6.45, 7) is 8.22. The maximum Gasteiger partial charge on any atom is 0.258 e. The predicted molar refractivity (Wildman–Crippen MR) is 126 cm³/mol. The summed E-state index contributed by atoms with van der Waals surface area (Å²) in [7, 11) is 1.49. The van der Waals surface area contributed by atoms with E-state index in [1.807, 2.05) is 45.0 Å². The molecule has 8 nitrogen and oxygen atoms in total. The number of amides is 2. The number of hydrogen-bond acceptors (Lipinski definition) is 6. The molecule has 0 saturated heterocycles. The smallest absolute Gasteiger partial charge is 0.258 e. The SMILES string of the molecule is CCOCCOCc1cccc(CNC(=O)c2ccc(OCC(=O)NC(C)C)c(OC)c2)c1. The van der Waals surface area contributed by atoms with Crippen LogP contribution < -0.4 is 20.1 Å². The van der Waals surface area contributed by atoms with Crippen molar-refractivity contribution in [3.8, 4) is 11.5 Å². The number of ether oxygens (including phenoxy) is 4. The summed E-state index contributed by atoms with van der Waals surface area (Å²) in [6, 6.07) is 12.7. The van der Waals surface area contributed by atoms with Crippen molar-refractivity contribution in [3.05, 3.63) is 59.2 Å². The van der Waals surface area contributed by atoms with Gasteiger partial charge in [-0.2, -0.15) is 0 Å². The lowest BCUT2D eigenvalue weighted by atomic mass is 10.1. The summed E-state index contributed by atoms with van der Waals surface area (Å²) < 4.78 is 21.7. The van der Waals surface area contributed by atoms with E-state index in [4.69, 9.17) is 18.9 Å². The largest absolute Gasteiger partial charge is 0.493 e. The molecule has 2 aromatic rings. The molecule has 0 spiro atoms. The van der Waals surface area contributed by atoms with Gasteiger partial charge in [-0.1, -0.05) is 24.3 Å². The fourth-order valence-electron chi connectivity index (χ4n) is 3.00. The Bertz CT molecular complexity index is 900. The fourth-order valence-corrected chi connectivity index (χ4v) is 3.00. The molecular weight excluding hydrogens is 424 g/mol. The maximum atomic E-state index is 12.6. The van der Waals surface area contributed by atoms with E-state index in [0.29, 0.717) is 50.0 Å². The number of nitrogens with one attached hydrogen (secondary N) is 2. The molecule has 0 radical (unpaired) electrons. The molecule has 180 valence electrons. The van der Waals surface area contributed by atoms with Crippen molar-refractivity contribution in [2.45, 2.75) is 40.0 Å². The minimum Gasteiger partial charge on any atom is -0.493 e. The number of carbonyl (C=O) groups excluding carboxylic acids is 2. The van der Waals surface area contributed by atoms with Crippen LogP contribution in [0.2, 0.25) is 0 Å². The van der Waals surface area contributed by atoms with Gasteiger partial charge in [-0.05, 0) is 50.1 Å². The van der Waals surface area contributed by atoms with Gasteiger partial charge in [0, 0.05) is 24.8 Å². The molecule has 0 aromatic heterocycles. The second-order valence-electron chi connectivity index (χ2n) is 7.63. The molecule has 0 aliphatic carbocycles. The van der Waals surface area contributed by atoms with Crippen LogP contribution >= 0.6 is 0 Å². The summed E-state index contributed by atoms with van der Waals surface area (Å²) in [4.78, 5) is 24.4. The first-order valence-electron chi connectivity index (χ1n) is 11.0. The van der Waals surface area contributed by atoms with Crippen molar-refractivity contribution >= 4 is 11.8 Å². The Balaban J connectivity index is 1.89. The molecule has 2 rings (SSSR count). The Morgan fingerprint density at radius 2 is 1.73 bits per heavy atom. The van der Waals surface area contributed by atoms with E-state index in [1.165, 1.54) is 7.11 Å². The molecule has 0 fully saturated rings. The summed E-state index contributed by atoms with van der Waals surface area (Å²) in [5.41, 5.74) is 2.43. The minimum atomic E-state index is -0.240. The predicted octanol–water partition coefficient (Wildman–Crippen LogP) is 3.08. The van der Waals surface area contributed by atoms with Crippen LogP contribution in [0.5, 0.6) is 11.5 Å². The zero-order valence-electron chi connectivity index (χ0n) is 19.8. The summed E-state index contributed by atoms with van der Waals surface area (Å²) >= 11 is 0. The molecule has 0 saturated carbocycles. The van der Waals surface area contributed by atoms with Gasteiger partial charge in [-0.15, -0.1) is 0 Å². The van der Waals surface area contributed by atoms with Crippen molar-refractivity contribution in [2.24, 2.45) is 0 Å². The average Bonchev–Trinajstić information content (AvgIpc) is 2.80. The monoisotopic (exact) mass is 458 g/mol. The Kier molecular flexibility index (Phi) is 11.2. The normalized spacial score (nSPS) is 10.7. The molecule has 33 heavy (non-hydrogen) atoms. The third-order valence-corrected chi connectivity index (χ3v) is 4.52.